The molecule has 5 nitrogen and oxygen atoms in total. The van der Waals surface area contributed by atoms with Crippen molar-refractivity contribution in [2.75, 3.05) is 37.6 Å². The zero-order valence-electron chi connectivity index (χ0n) is 16.0. The van der Waals surface area contributed by atoms with Crippen LogP contribution in [0.3, 0.4) is 0 Å². The third kappa shape index (κ3) is 4.74. The molecule has 2 aromatic rings. The van der Waals surface area contributed by atoms with Crippen LogP contribution in [-0.2, 0) is 4.79 Å². The average Bonchev–Trinajstić information content (AvgIpc) is 2.69. The van der Waals surface area contributed by atoms with Crippen molar-refractivity contribution < 1.29 is 9.59 Å². The number of hydrogen-bond donors (Lipinski definition) is 0. The molecule has 1 aliphatic rings. The molecule has 0 unspecified atom stereocenters. The lowest BCUT2D eigenvalue weighted by molar-refractivity contribution is -0.120. The van der Waals surface area contributed by atoms with E-state index in [0.717, 1.165) is 11.3 Å². The van der Waals surface area contributed by atoms with Crippen LogP contribution in [0.1, 0.15) is 24.2 Å². The highest BCUT2D eigenvalue weighted by Crippen LogP contribution is 2.17. The summed E-state index contributed by atoms with van der Waals surface area (Å²) in [5.74, 6) is 0.161. The van der Waals surface area contributed by atoms with Crippen LogP contribution in [0.5, 0.6) is 0 Å². The van der Waals surface area contributed by atoms with Crippen LogP contribution in [0.4, 0.5) is 5.69 Å². The predicted octanol–water partition coefficient (Wildman–Crippen LogP) is 2.89. The fraction of sp³-hybridized carbons (Fsp3) is 0.364. The highest BCUT2D eigenvalue weighted by Gasteiger charge is 2.26. The summed E-state index contributed by atoms with van der Waals surface area (Å²) in [7, 11) is 0. The van der Waals surface area contributed by atoms with Crippen LogP contribution >= 0.6 is 0 Å². The Morgan fingerprint density at radius 2 is 1.44 bits per heavy atom. The minimum absolute atomic E-state index is 0.0645. The molecule has 1 aliphatic heterocycles. The van der Waals surface area contributed by atoms with Crippen molar-refractivity contribution in [1.29, 1.82) is 0 Å². The Morgan fingerprint density at radius 3 is 2.00 bits per heavy atom. The van der Waals surface area contributed by atoms with Crippen LogP contribution in [0.25, 0.3) is 0 Å². The Hall–Kier alpha value is -2.66. The summed E-state index contributed by atoms with van der Waals surface area (Å²) in [4.78, 5) is 31.3. The van der Waals surface area contributed by atoms with Gasteiger partial charge < -0.3 is 9.80 Å². The Kier molecular flexibility index (Phi) is 6.24. The van der Waals surface area contributed by atoms with Crippen molar-refractivity contribution in [3.05, 3.63) is 66.2 Å². The first-order valence-corrected chi connectivity index (χ1v) is 9.50. The Balaban J connectivity index is 1.57. The van der Waals surface area contributed by atoms with Crippen LogP contribution in [-0.4, -0.2) is 60.4 Å². The molecule has 0 N–H and O–H groups in total. The van der Waals surface area contributed by atoms with Gasteiger partial charge in [0.2, 0.25) is 5.91 Å². The van der Waals surface area contributed by atoms with Crippen molar-refractivity contribution in [1.82, 2.24) is 9.80 Å². The van der Waals surface area contributed by atoms with Crippen LogP contribution in [0, 0.1) is 0 Å². The molecule has 0 radical (unpaired) electrons. The molecule has 0 saturated carbocycles. The summed E-state index contributed by atoms with van der Waals surface area (Å²) in [6.45, 7) is 7.15. The van der Waals surface area contributed by atoms with E-state index in [4.69, 9.17) is 0 Å². The first-order chi connectivity index (χ1) is 13.1. The molecule has 1 saturated heterocycles. The molecule has 5 heteroatoms. The number of carbonyl (C=O) groups is 2. The second-order valence-corrected chi connectivity index (χ2v) is 7.13. The van der Waals surface area contributed by atoms with Gasteiger partial charge in [0.15, 0.2) is 0 Å². The van der Waals surface area contributed by atoms with E-state index in [1.54, 1.807) is 0 Å². The summed E-state index contributed by atoms with van der Waals surface area (Å²) in [5, 5.41) is 0. The van der Waals surface area contributed by atoms with Crippen LogP contribution in [0.15, 0.2) is 60.7 Å². The standard InChI is InChI=1S/C22H27N3O2/c1-18(2)25(20-11-7-4-8-12-20)21(26)17-23-13-15-24(16-14-23)22(27)19-9-5-3-6-10-19/h3-12,18H,13-17H2,1-2H3. The molecule has 27 heavy (non-hydrogen) atoms. The molecule has 0 aromatic heterocycles. The van der Waals surface area contributed by atoms with Gasteiger partial charge in [-0.2, -0.15) is 0 Å². The Bertz CT molecular complexity index is 754. The molecule has 1 heterocycles. The molecule has 0 spiro atoms. The van der Waals surface area contributed by atoms with Gasteiger partial charge in [0.05, 0.1) is 6.54 Å². The second-order valence-electron chi connectivity index (χ2n) is 7.13. The maximum atomic E-state index is 12.9. The molecule has 0 aliphatic carbocycles. The molecule has 2 aromatic carbocycles. The molecule has 2 amide bonds. The summed E-state index contributed by atoms with van der Waals surface area (Å²) >= 11 is 0. The van der Waals surface area contributed by atoms with Crippen LogP contribution < -0.4 is 4.90 Å². The lowest BCUT2D eigenvalue weighted by atomic mass is 10.2. The minimum Gasteiger partial charge on any atom is -0.336 e. The summed E-state index contributed by atoms with van der Waals surface area (Å²) in [6.07, 6.45) is 0. The summed E-state index contributed by atoms with van der Waals surface area (Å²) < 4.78 is 0. The number of benzene rings is 2. The second kappa shape index (κ2) is 8.82. The zero-order valence-corrected chi connectivity index (χ0v) is 16.0. The van der Waals surface area contributed by atoms with E-state index in [-0.39, 0.29) is 17.9 Å². The van der Waals surface area contributed by atoms with Gasteiger partial charge in [-0.3, -0.25) is 14.5 Å². The van der Waals surface area contributed by atoms with Gasteiger partial charge in [-0.05, 0) is 38.1 Å². The number of nitrogens with zero attached hydrogens (tertiary/aromatic N) is 3. The van der Waals surface area contributed by atoms with Gasteiger partial charge in [0.1, 0.15) is 0 Å². The monoisotopic (exact) mass is 365 g/mol. The van der Waals surface area contributed by atoms with E-state index in [1.165, 1.54) is 0 Å². The first-order valence-electron chi connectivity index (χ1n) is 9.50. The lowest BCUT2D eigenvalue weighted by Gasteiger charge is -2.36. The van der Waals surface area contributed by atoms with Gasteiger partial charge in [-0.1, -0.05) is 36.4 Å². The molecular weight excluding hydrogens is 338 g/mol. The lowest BCUT2D eigenvalue weighted by Crippen LogP contribution is -2.52. The minimum atomic E-state index is 0.0645. The van der Waals surface area contributed by atoms with E-state index in [1.807, 2.05) is 84.3 Å². The Labute approximate surface area is 161 Å². The van der Waals surface area contributed by atoms with Gasteiger partial charge in [-0.15, -0.1) is 0 Å². The maximum absolute atomic E-state index is 12.9. The molecule has 142 valence electrons. The maximum Gasteiger partial charge on any atom is 0.253 e. The fourth-order valence-electron chi connectivity index (χ4n) is 3.46. The molecular formula is C22H27N3O2. The van der Waals surface area contributed by atoms with Gasteiger partial charge in [0.25, 0.3) is 5.91 Å². The van der Waals surface area contributed by atoms with E-state index in [2.05, 4.69) is 4.90 Å². The summed E-state index contributed by atoms with van der Waals surface area (Å²) in [6, 6.07) is 19.3. The van der Waals surface area contributed by atoms with Crippen molar-refractivity contribution in [3.63, 3.8) is 0 Å². The molecule has 0 bridgehead atoms. The SMILES string of the molecule is CC(C)N(C(=O)CN1CCN(C(=O)c2ccccc2)CC1)c1ccccc1. The quantitative estimate of drug-likeness (QED) is 0.818. The highest BCUT2D eigenvalue weighted by molar-refractivity contribution is 5.95. The van der Waals surface area contributed by atoms with Gasteiger partial charge in [0, 0.05) is 43.5 Å². The highest BCUT2D eigenvalue weighted by atomic mass is 16.2. The molecule has 3 rings (SSSR count). The van der Waals surface area contributed by atoms with Gasteiger partial charge >= 0.3 is 0 Å². The number of carbonyl (C=O) groups excluding carboxylic acids is 2. The molecule has 0 atom stereocenters. The smallest absolute Gasteiger partial charge is 0.253 e. The van der Waals surface area contributed by atoms with Crippen molar-refractivity contribution in [3.8, 4) is 0 Å². The molecule has 1 fully saturated rings. The van der Waals surface area contributed by atoms with E-state index in [0.29, 0.717) is 32.7 Å². The van der Waals surface area contributed by atoms with E-state index >= 15 is 0 Å². The fourth-order valence-corrected chi connectivity index (χ4v) is 3.46. The number of para-hydroxylation sites is 1. The number of rotatable bonds is 5. The van der Waals surface area contributed by atoms with E-state index in [9.17, 15) is 9.59 Å². The van der Waals surface area contributed by atoms with E-state index < -0.39 is 0 Å². The number of anilines is 1. The first kappa shape index (κ1) is 19.1. The number of hydrogen-bond acceptors (Lipinski definition) is 3. The van der Waals surface area contributed by atoms with Crippen LogP contribution in [0.2, 0.25) is 0 Å². The summed E-state index contributed by atoms with van der Waals surface area (Å²) in [5.41, 5.74) is 1.65. The average molecular weight is 365 g/mol. The van der Waals surface area contributed by atoms with Crippen molar-refractivity contribution in [2.24, 2.45) is 0 Å². The van der Waals surface area contributed by atoms with Crippen molar-refractivity contribution >= 4 is 17.5 Å². The number of piperazine rings is 1. The van der Waals surface area contributed by atoms with Gasteiger partial charge in [-0.25, -0.2) is 0 Å². The largest absolute Gasteiger partial charge is 0.336 e. The number of amides is 2. The predicted molar refractivity (Wildman–Crippen MR) is 108 cm³/mol. The third-order valence-electron chi connectivity index (χ3n) is 4.86. The third-order valence-corrected chi connectivity index (χ3v) is 4.86. The Morgan fingerprint density at radius 1 is 0.889 bits per heavy atom. The normalized spacial score (nSPS) is 15.0. The zero-order chi connectivity index (χ0) is 19.2. The topological polar surface area (TPSA) is 43.9 Å². The van der Waals surface area contributed by atoms with Crippen molar-refractivity contribution in [2.45, 2.75) is 19.9 Å².